The molecule has 0 aromatic heterocycles. The first-order chi connectivity index (χ1) is 15.5. The SMILES string of the molecule is CC(C)N1CCN(C(=O)C2CCC(NC(=O)N3CCNCC3c3ccccc3)CC2)CC1. The monoisotopic (exact) mass is 441 g/mol. The normalized spacial score (nSPS) is 27.4. The summed E-state index contributed by atoms with van der Waals surface area (Å²) < 4.78 is 0. The number of nitrogens with zero attached hydrogens (tertiary/aromatic N) is 3. The second kappa shape index (κ2) is 10.7. The van der Waals surface area contributed by atoms with E-state index in [1.54, 1.807) is 0 Å². The molecular weight excluding hydrogens is 402 g/mol. The average molecular weight is 442 g/mol. The van der Waals surface area contributed by atoms with Crippen molar-refractivity contribution in [2.24, 2.45) is 5.92 Å². The fourth-order valence-electron chi connectivity index (χ4n) is 5.38. The van der Waals surface area contributed by atoms with Crippen LogP contribution in [-0.4, -0.2) is 84.5 Å². The fourth-order valence-corrected chi connectivity index (χ4v) is 5.38. The maximum atomic E-state index is 13.1. The molecule has 2 N–H and O–H groups in total. The number of rotatable bonds is 4. The van der Waals surface area contributed by atoms with Crippen molar-refractivity contribution in [2.45, 2.75) is 57.7 Å². The lowest BCUT2D eigenvalue weighted by Crippen LogP contribution is -2.55. The van der Waals surface area contributed by atoms with Gasteiger partial charge in [0.2, 0.25) is 5.91 Å². The second-order valence-electron chi connectivity index (χ2n) is 9.78. The van der Waals surface area contributed by atoms with Crippen molar-refractivity contribution in [3.8, 4) is 0 Å². The average Bonchev–Trinajstić information content (AvgIpc) is 2.84. The number of hydrogen-bond donors (Lipinski definition) is 2. The quantitative estimate of drug-likeness (QED) is 0.753. The predicted octanol–water partition coefficient (Wildman–Crippen LogP) is 2.45. The molecule has 4 rings (SSSR count). The molecule has 2 aliphatic heterocycles. The van der Waals surface area contributed by atoms with Crippen LogP contribution in [0.25, 0.3) is 0 Å². The number of piperazine rings is 2. The number of nitrogens with one attached hydrogen (secondary N) is 2. The third-order valence-corrected chi connectivity index (χ3v) is 7.45. The highest BCUT2D eigenvalue weighted by molar-refractivity contribution is 5.79. The topological polar surface area (TPSA) is 67.9 Å². The molecule has 32 heavy (non-hydrogen) atoms. The molecule has 0 spiro atoms. The molecule has 1 atom stereocenters. The van der Waals surface area contributed by atoms with Crippen molar-refractivity contribution < 1.29 is 9.59 Å². The molecule has 1 aromatic carbocycles. The summed E-state index contributed by atoms with van der Waals surface area (Å²) in [5, 5.41) is 6.69. The lowest BCUT2D eigenvalue weighted by Gasteiger charge is -2.40. The Morgan fingerprint density at radius 2 is 1.66 bits per heavy atom. The van der Waals surface area contributed by atoms with Gasteiger partial charge in [0, 0.05) is 63.8 Å². The molecule has 1 aromatic rings. The first-order valence-electron chi connectivity index (χ1n) is 12.4. The van der Waals surface area contributed by atoms with Crippen molar-refractivity contribution >= 4 is 11.9 Å². The Morgan fingerprint density at radius 1 is 0.969 bits per heavy atom. The van der Waals surface area contributed by atoms with Gasteiger partial charge < -0.3 is 20.4 Å². The van der Waals surface area contributed by atoms with Gasteiger partial charge in [-0.3, -0.25) is 9.69 Å². The van der Waals surface area contributed by atoms with E-state index in [9.17, 15) is 9.59 Å². The first kappa shape index (κ1) is 23.1. The summed E-state index contributed by atoms with van der Waals surface area (Å²) in [7, 11) is 0. The van der Waals surface area contributed by atoms with Gasteiger partial charge >= 0.3 is 6.03 Å². The van der Waals surface area contributed by atoms with Crippen LogP contribution in [0.5, 0.6) is 0 Å². The molecular formula is C25H39N5O2. The Labute approximate surface area is 192 Å². The maximum Gasteiger partial charge on any atom is 0.318 e. The van der Waals surface area contributed by atoms with E-state index in [1.807, 2.05) is 23.1 Å². The largest absolute Gasteiger partial charge is 0.340 e. The Balaban J connectivity index is 1.25. The minimum Gasteiger partial charge on any atom is -0.340 e. The fraction of sp³-hybridized carbons (Fsp3) is 0.680. The summed E-state index contributed by atoms with van der Waals surface area (Å²) in [4.78, 5) is 32.6. The van der Waals surface area contributed by atoms with E-state index in [0.717, 1.165) is 65.0 Å². The number of hydrogen-bond acceptors (Lipinski definition) is 4. The molecule has 3 fully saturated rings. The van der Waals surface area contributed by atoms with E-state index in [1.165, 1.54) is 5.56 Å². The molecule has 3 amide bonds. The summed E-state index contributed by atoms with van der Waals surface area (Å²) >= 11 is 0. The zero-order chi connectivity index (χ0) is 22.5. The van der Waals surface area contributed by atoms with Crippen LogP contribution in [-0.2, 0) is 4.79 Å². The molecule has 1 unspecified atom stereocenters. The van der Waals surface area contributed by atoms with Crippen molar-refractivity contribution in [3.05, 3.63) is 35.9 Å². The molecule has 7 nitrogen and oxygen atoms in total. The van der Waals surface area contributed by atoms with Gasteiger partial charge in [-0.15, -0.1) is 0 Å². The molecule has 0 bridgehead atoms. The Bertz CT molecular complexity index is 755. The maximum absolute atomic E-state index is 13.1. The van der Waals surface area contributed by atoms with E-state index in [0.29, 0.717) is 18.5 Å². The van der Waals surface area contributed by atoms with Crippen molar-refractivity contribution in [1.82, 2.24) is 25.3 Å². The van der Waals surface area contributed by atoms with E-state index in [2.05, 4.69) is 46.4 Å². The van der Waals surface area contributed by atoms with Gasteiger partial charge in [-0.2, -0.15) is 0 Å². The van der Waals surface area contributed by atoms with Gasteiger partial charge in [0.1, 0.15) is 0 Å². The smallest absolute Gasteiger partial charge is 0.318 e. The van der Waals surface area contributed by atoms with E-state index < -0.39 is 0 Å². The third-order valence-electron chi connectivity index (χ3n) is 7.45. The highest BCUT2D eigenvalue weighted by Gasteiger charge is 2.34. The van der Waals surface area contributed by atoms with Crippen LogP contribution in [0.2, 0.25) is 0 Å². The third kappa shape index (κ3) is 5.44. The first-order valence-corrected chi connectivity index (χ1v) is 12.4. The second-order valence-corrected chi connectivity index (χ2v) is 9.78. The van der Waals surface area contributed by atoms with Crippen LogP contribution in [0.1, 0.15) is 51.1 Å². The Kier molecular flexibility index (Phi) is 7.68. The van der Waals surface area contributed by atoms with Gasteiger partial charge in [0.05, 0.1) is 6.04 Å². The number of carbonyl (C=O) groups is 2. The van der Waals surface area contributed by atoms with Crippen LogP contribution < -0.4 is 10.6 Å². The van der Waals surface area contributed by atoms with Gasteiger partial charge in [0.15, 0.2) is 0 Å². The predicted molar refractivity (Wildman–Crippen MR) is 126 cm³/mol. The summed E-state index contributed by atoms with van der Waals surface area (Å²) in [6, 6.07) is 11.0. The number of urea groups is 1. The van der Waals surface area contributed by atoms with Crippen LogP contribution in [0, 0.1) is 5.92 Å². The van der Waals surface area contributed by atoms with E-state index >= 15 is 0 Å². The molecule has 2 saturated heterocycles. The number of carbonyl (C=O) groups excluding carboxylic acids is 2. The Hall–Kier alpha value is -2.12. The molecule has 0 radical (unpaired) electrons. The minimum atomic E-state index is 0.0277. The molecule has 1 saturated carbocycles. The molecule has 3 aliphatic rings. The van der Waals surface area contributed by atoms with Crippen molar-refractivity contribution in [1.29, 1.82) is 0 Å². The van der Waals surface area contributed by atoms with E-state index in [-0.39, 0.29) is 24.0 Å². The zero-order valence-corrected chi connectivity index (χ0v) is 19.6. The van der Waals surface area contributed by atoms with E-state index in [4.69, 9.17) is 0 Å². The van der Waals surface area contributed by atoms with Gasteiger partial charge in [0.25, 0.3) is 0 Å². The lowest BCUT2D eigenvalue weighted by molar-refractivity contribution is -0.138. The van der Waals surface area contributed by atoms with Crippen LogP contribution in [0.15, 0.2) is 30.3 Å². The minimum absolute atomic E-state index is 0.0277. The number of amides is 3. The highest BCUT2D eigenvalue weighted by atomic mass is 16.2. The lowest BCUT2D eigenvalue weighted by atomic mass is 9.85. The van der Waals surface area contributed by atoms with Crippen LogP contribution >= 0.6 is 0 Å². The van der Waals surface area contributed by atoms with Crippen LogP contribution in [0.3, 0.4) is 0 Å². The van der Waals surface area contributed by atoms with Gasteiger partial charge in [-0.25, -0.2) is 4.79 Å². The number of benzene rings is 1. The summed E-state index contributed by atoms with van der Waals surface area (Å²) in [6.45, 7) is 10.4. The van der Waals surface area contributed by atoms with Gasteiger partial charge in [-0.05, 0) is 45.1 Å². The summed E-state index contributed by atoms with van der Waals surface area (Å²) in [5.41, 5.74) is 1.17. The van der Waals surface area contributed by atoms with Crippen molar-refractivity contribution in [3.63, 3.8) is 0 Å². The molecule has 1 aliphatic carbocycles. The van der Waals surface area contributed by atoms with Gasteiger partial charge in [-0.1, -0.05) is 30.3 Å². The highest BCUT2D eigenvalue weighted by Crippen LogP contribution is 2.28. The molecule has 2 heterocycles. The Morgan fingerprint density at radius 3 is 2.31 bits per heavy atom. The van der Waals surface area contributed by atoms with Crippen molar-refractivity contribution in [2.75, 3.05) is 45.8 Å². The molecule has 7 heteroatoms. The molecule has 176 valence electrons. The van der Waals surface area contributed by atoms with Crippen LogP contribution in [0.4, 0.5) is 4.79 Å². The summed E-state index contributed by atoms with van der Waals surface area (Å²) in [6.07, 6.45) is 3.52. The standard InChI is InChI=1S/C25H39N5O2/c1-19(2)28-14-16-29(17-15-28)24(31)21-8-10-22(11-9-21)27-25(32)30-13-12-26-18-23(30)20-6-4-3-5-7-20/h3-7,19,21-23,26H,8-18H2,1-2H3,(H,27,32). The summed E-state index contributed by atoms with van der Waals surface area (Å²) in [5.74, 6) is 0.439. The zero-order valence-electron chi connectivity index (χ0n) is 19.6.